The van der Waals surface area contributed by atoms with Gasteiger partial charge in [-0.15, -0.1) is 0 Å². The van der Waals surface area contributed by atoms with Crippen molar-refractivity contribution in [1.82, 2.24) is 5.32 Å². The second kappa shape index (κ2) is 8.36. The van der Waals surface area contributed by atoms with Gasteiger partial charge in [0.2, 0.25) is 0 Å². The van der Waals surface area contributed by atoms with Crippen LogP contribution in [0, 0.1) is 0 Å². The fourth-order valence-electron chi connectivity index (χ4n) is 1.59. The van der Waals surface area contributed by atoms with E-state index in [1.807, 2.05) is 52.0 Å². The van der Waals surface area contributed by atoms with Gasteiger partial charge in [-0.3, -0.25) is 0 Å². The number of alkyl halides is 1. The van der Waals surface area contributed by atoms with Gasteiger partial charge in [0.25, 0.3) is 0 Å². The summed E-state index contributed by atoms with van der Waals surface area (Å²) in [5.74, 6) is 0. The number of ether oxygens (including phenoxy) is 2. The molecule has 0 aliphatic carbocycles. The standard InChI is InChI=1S/C16H23ClINO3/c1-15(2,3)22-14(20)19-11-16(4,10-18)21-9-12-6-5-7-13(17)8-12/h5-8H,9-11H2,1-4H3,(H,19,20). The molecule has 0 saturated heterocycles. The third-order valence-corrected chi connectivity index (χ3v) is 4.61. The molecule has 1 rings (SSSR count). The van der Waals surface area contributed by atoms with Gasteiger partial charge in [0.15, 0.2) is 0 Å². The Morgan fingerprint density at radius 2 is 2.00 bits per heavy atom. The summed E-state index contributed by atoms with van der Waals surface area (Å²) in [7, 11) is 0. The summed E-state index contributed by atoms with van der Waals surface area (Å²) in [4.78, 5) is 11.7. The smallest absolute Gasteiger partial charge is 0.407 e. The Labute approximate surface area is 151 Å². The van der Waals surface area contributed by atoms with E-state index >= 15 is 0 Å². The predicted octanol–water partition coefficient (Wildman–Crippen LogP) is 4.58. The third kappa shape index (κ3) is 7.65. The van der Waals surface area contributed by atoms with Gasteiger partial charge in [-0.2, -0.15) is 0 Å². The van der Waals surface area contributed by atoms with Gasteiger partial charge in [-0.05, 0) is 45.4 Å². The lowest BCUT2D eigenvalue weighted by molar-refractivity contribution is -0.0246. The molecular formula is C16H23ClINO3. The van der Waals surface area contributed by atoms with Crippen molar-refractivity contribution in [1.29, 1.82) is 0 Å². The number of amides is 1. The molecule has 0 saturated carbocycles. The monoisotopic (exact) mass is 439 g/mol. The van der Waals surface area contributed by atoms with Crippen LogP contribution in [0.2, 0.25) is 5.02 Å². The van der Waals surface area contributed by atoms with E-state index in [9.17, 15) is 4.79 Å². The third-order valence-electron chi connectivity index (χ3n) is 2.76. The molecule has 0 aromatic heterocycles. The van der Waals surface area contributed by atoms with E-state index < -0.39 is 17.3 Å². The fourth-order valence-corrected chi connectivity index (χ4v) is 2.30. The first kappa shape index (κ1) is 19.5. The predicted molar refractivity (Wildman–Crippen MR) is 97.8 cm³/mol. The maximum atomic E-state index is 11.7. The number of rotatable bonds is 6. The summed E-state index contributed by atoms with van der Waals surface area (Å²) in [5.41, 5.74) is 0.0209. The molecule has 1 aromatic carbocycles. The molecule has 0 aliphatic heterocycles. The number of benzene rings is 1. The van der Waals surface area contributed by atoms with Crippen molar-refractivity contribution in [3.8, 4) is 0 Å². The first-order valence-electron chi connectivity index (χ1n) is 7.05. The summed E-state index contributed by atoms with van der Waals surface area (Å²) in [6.45, 7) is 8.28. The Morgan fingerprint density at radius 3 is 2.55 bits per heavy atom. The van der Waals surface area contributed by atoms with Crippen LogP contribution in [0.25, 0.3) is 0 Å². The first-order valence-corrected chi connectivity index (χ1v) is 8.95. The minimum absolute atomic E-state index is 0.380. The van der Waals surface area contributed by atoms with Crippen LogP contribution >= 0.6 is 34.2 Å². The minimum Gasteiger partial charge on any atom is -0.444 e. The van der Waals surface area contributed by atoms with Crippen molar-refractivity contribution in [2.24, 2.45) is 0 Å². The average molecular weight is 440 g/mol. The number of halogens is 2. The average Bonchev–Trinajstić information content (AvgIpc) is 2.41. The zero-order chi connectivity index (χ0) is 16.8. The van der Waals surface area contributed by atoms with E-state index in [-0.39, 0.29) is 0 Å². The summed E-state index contributed by atoms with van der Waals surface area (Å²) in [6.07, 6.45) is -0.435. The highest BCUT2D eigenvalue weighted by Gasteiger charge is 2.26. The van der Waals surface area contributed by atoms with E-state index in [1.54, 1.807) is 0 Å². The highest BCUT2D eigenvalue weighted by Crippen LogP contribution is 2.18. The summed E-state index contributed by atoms with van der Waals surface area (Å²) >= 11 is 8.21. The van der Waals surface area contributed by atoms with Crippen LogP contribution in [0.4, 0.5) is 4.79 Å². The van der Waals surface area contributed by atoms with E-state index in [0.29, 0.717) is 18.2 Å². The molecule has 1 atom stereocenters. The van der Waals surface area contributed by atoms with Crippen LogP contribution in [-0.4, -0.2) is 28.3 Å². The lowest BCUT2D eigenvalue weighted by Crippen LogP contribution is -2.45. The number of hydrogen-bond donors (Lipinski definition) is 1. The van der Waals surface area contributed by atoms with Gasteiger partial charge < -0.3 is 14.8 Å². The maximum Gasteiger partial charge on any atom is 0.407 e. The molecule has 1 aromatic rings. The van der Waals surface area contributed by atoms with Crippen molar-refractivity contribution >= 4 is 40.3 Å². The molecule has 0 fully saturated rings. The van der Waals surface area contributed by atoms with Crippen molar-refractivity contribution < 1.29 is 14.3 Å². The Kier molecular flexibility index (Phi) is 7.41. The summed E-state index contributed by atoms with van der Waals surface area (Å²) in [5, 5.41) is 3.45. The lowest BCUT2D eigenvalue weighted by atomic mass is 10.1. The van der Waals surface area contributed by atoms with E-state index in [0.717, 1.165) is 9.99 Å². The topological polar surface area (TPSA) is 47.6 Å². The molecule has 22 heavy (non-hydrogen) atoms. The van der Waals surface area contributed by atoms with E-state index in [4.69, 9.17) is 21.1 Å². The zero-order valence-electron chi connectivity index (χ0n) is 13.4. The highest BCUT2D eigenvalue weighted by atomic mass is 127. The maximum absolute atomic E-state index is 11.7. The molecule has 6 heteroatoms. The lowest BCUT2D eigenvalue weighted by Gasteiger charge is -2.29. The molecule has 124 valence electrons. The van der Waals surface area contributed by atoms with Crippen LogP contribution in [0.15, 0.2) is 24.3 Å². The number of nitrogens with one attached hydrogen (secondary N) is 1. The normalized spacial score (nSPS) is 14.3. The molecule has 0 radical (unpaired) electrons. The summed E-state index contributed by atoms with van der Waals surface area (Å²) < 4.78 is 11.9. The van der Waals surface area contributed by atoms with Crippen LogP contribution in [0.3, 0.4) is 0 Å². The van der Waals surface area contributed by atoms with Gasteiger partial charge in [0.1, 0.15) is 5.60 Å². The minimum atomic E-state index is -0.507. The molecule has 1 unspecified atom stereocenters. The number of carbonyl (C=O) groups excluding carboxylic acids is 1. The number of hydrogen-bond acceptors (Lipinski definition) is 3. The highest BCUT2D eigenvalue weighted by molar-refractivity contribution is 14.1. The molecule has 0 aliphatic rings. The van der Waals surface area contributed by atoms with Crippen molar-refractivity contribution in [3.05, 3.63) is 34.9 Å². The van der Waals surface area contributed by atoms with Crippen molar-refractivity contribution in [3.63, 3.8) is 0 Å². The summed E-state index contributed by atoms with van der Waals surface area (Å²) in [6, 6.07) is 7.55. The zero-order valence-corrected chi connectivity index (χ0v) is 16.3. The molecule has 1 amide bonds. The second-order valence-electron chi connectivity index (χ2n) is 6.36. The van der Waals surface area contributed by atoms with Gasteiger partial charge in [-0.1, -0.05) is 46.3 Å². The Bertz CT molecular complexity index is 504. The quantitative estimate of drug-likeness (QED) is 0.521. The first-order chi connectivity index (χ1) is 10.1. The number of alkyl carbamates (subject to hydrolysis) is 1. The molecular weight excluding hydrogens is 417 g/mol. The Morgan fingerprint density at radius 1 is 1.32 bits per heavy atom. The second-order valence-corrected chi connectivity index (χ2v) is 7.56. The van der Waals surface area contributed by atoms with Crippen LogP contribution in [-0.2, 0) is 16.1 Å². The van der Waals surface area contributed by atoms with Gasteiger partial charge in [0.05, 0.1) is 18.8 Å². The van der Waals surface area contributed by atoms with Gasteiger partial charge in [-0.25, -0.2) is 4.79 Å². The van der Waals surface area contributed by atoms with Gasteiger partial charge in [0, 0.05) is 9.45 Å². The van der Waals surface area contributed by atoms with Gasteiger partial charge >= 0.3 is 6.09 Å². The SMILES string of the molecule is CC(C)(C)OC(=O)NCC(C)(CI)OCc1cccc(Cl)c1. The van der Waals surface area contributed by atoms with Crippen LogP contribution in [0.5, 0.6) is 0 Å². The van der Waals surface area contributed by atoms with Crippen LogP contribution < -0.4 is 5.32 Å². The number of carbonyl (C=O) groups is 1. The molecule has 0 bridgehead atoms. The van der Waals surface area contributed by atoms with Crippen molar-refractivity contribution in [2.75, 3.05) is 11.0 Å². The molecule has 1 N–H and O–H groups in total. The molecule has 0 heterocycles. The largest absolute Gasteiger partial charge is 0.444 e. The van der Waals surface area contributed by atoms with Crippen molar-refractivity contribution in [2.45, 2.75) is 45.5 Å². The Balaban J connectivity index is 2.51. The van der Waals surface area contributed by atoms with E-state index in [1.165, 1.54) is 0 Å². The van der Waals surface area contributed by atoms with E-state index in [2.05, 4.69) is 27.9 Å². The molecule has 4 nitrogen and oxygen atoms in total. The molecule has 0 spiro atoms. The van der Waals surface area contributed by atoms with Crippen LogP contribution in [0.1, 0.15) is 33.3 Å². The fraction of sp³-hybridized carbons (Fsp3) is 0.562. The Hall–Kier alpha value is -0.530.